The highest BCUT2D eigenvalue weighted by Crippen LogP contribution is 2.53. The summed E-state index contributed by atoms with van der Waals surface area (Å²) in [6, 6.07) is 9.39. The fourth-order valence-corrected chi connectivity index (χ4v) is 6.35. The largest absolute Gasteiger partial charge is 0.350 e. The molecule has 1 aromatic carbocycles. The minimum Gasteiger partial charge on any atom is -0.350 e. The number of carbonyl (C=O) groups excluding carboxylic acids is 2. The van der Waals surface area contributed by atoms with E-state index in [1.165, 1.54) is 0 Å². The van der Waals surface area contributed by atoms with Crippen molar-refractivity contribution in [3.05, 3.63) is 41.1 Å². The lowest BCUT2D eigenvalue weighted by Gasteiger charge is -2.46. The minimum atomic E-state index is -0.134. The molecule has 5 rings (SSSR count). The molecule has 2 saturated heterocycles. The van der Waals surface area contributed by atoms with E-state index in [0.29, 0.717) is 17.3 Å². The van der Waals surface area contributed by atoms with Crippen LogP contribution in [0.25, 0.3) is 11.3 Å². The van der Waals surface area contributed by atoms with Gasteiger partial charge in [0.05, 0.1) is 11.1 Å². The van der Waals surface area contributed by atoms with E-state index in [4.69, 9.17) is 16.1 Å². The first kappa shape index (κ1) is 19.6. The lowest BCUT2D eigenvalue weighted by atomic mass is 9.71. The maximum absolute atomic E-state index is 13.6. The first-order valence-corrected chi connectivity index (χ1v) is 11.1. The van der Waals surface area contributed by atoms with Crippen molar-refractivity contribution in [3.63, 3.8) is 0 Å². The highest BCUT2D eigenvalue weighted by atomic mass is 35.5. The van der Waals surface area contributed by atoms with Crippen LogP contribution in [0.1, 0.15) is 56.5 Å². The van der Waals surface area contributed by atoms with E-state index in [-0.39, 0.29) is 41.1 Å². The quantitative estimate of drug-likeness (QED) is 0.712. The normalized spacial score (nSPS) is 30.3. The smallest absolute Gasteiger partial charge is 0.293 e. The SMILES string of the molecule is CC(=O)N1C[C@@H]2C[C@@]3(C)[C@H](CCCC[C@@H]13)N2C(=O)c1cc(-c2ccccc2Cl)no1. The zero-order chi connectivity index (χ0) is 21.0. The summed E-state index contributed by atoms with van der Waals surface area (Å²) in [4.78, 5) is 30.0. The standard InChI is InChI=1S/C23H26ClN3O3/c1-14(28)26-13-15-12-23(2)20(26)9-5-6-10-21(23)27(15)22(29)19-11-18(25-30-19)16-7-3-4-8-17(16)24/h3-4,7-8,11,15,20-21H,5-6,9-10,12-13H2,1-2H3/t15-,20+,21-,23+/m0/s1. The number of rotatable bonds is 2. The van der Waals surface area contributed by atoms with Gasteiger partial charge in [-0.25, -0.2) is 0 Å². The van der Waals surface area contributed by atoms with Crippen molar-refractivity contribution in [2.24, 2.45) is 5.41 Å². The maximum Gasteiger partial charge on any atom is 0.293 e. The molecule has 0 unspecified atom stereocenters. The van der Waals surface area contributed by atoms with E-state index in [1.54, 1.807) is 19.1 Å². The van der Waals surface area contributed by atoms with Crippen LogP contribution in [0.15, 0.2) is 34.9 Å². The molecule has 7 heteroatoms. The summed E-state index contributed by atoms with van der Waals surface area (Å²) in [7, 11) is 0. The molecule has 1 aliphatic carbocycles. The summed E-state index contributed by atoms with van der Waals surface area (Å²) in [5.41, 5.74) is 1.22. The van der Waals surface area contributed by atoms with Crippen molar-refractivity contribution in [2.75, 3.05) is 6.54 Å². The number of aromatic nitrogens is 1. The molecule has 2 bridgehead atoms. The second-order valence-corrected chi connectivity index (χ2v) is 9.53. The van der Waals surface area contributed by atoms with E-state index in [1.807, 2.05) is 28.0 Å². The second kappa shape index (κ2) is 7.12. The number of carbonyl (C=O) groups is 2. The average Bonchev–Trinajstić information content (AvgIpc) is 3.24. The molecule has 3 aliphatic rings. The lowest BCUT2D eigenvalue weighted by molar-refractivity contribution is -0.136. The van der Waals surface area contributed by atoms with Crippen molar-refractivity contribution < 1.29 is 14.1 Å². The van der Waals surface area contributed by atoms with E-state index in [2.05, 4.69) is 12.1 Å². The number of likely N-dealkylation sites (tertiary alicyclic amines) is 2. The summed E-state index contributed by atoms with van der Waals surface area (Å²) in [5.74, 6) is 0.202. The number of piperidine rings is 1. The van der Waals surface area contributed by atoms with Gasteiger partial charge in [-0.1, -0.05) is 54.7 Å². The van der Waals surface area contributed by atoms with Gasteiger partial charge in [0, 0.05) is 42.6 Å². The highest BCUT2D eigenvalue weighted by Gasteiger charge is 2.60. The molecular formula is C23H26ClN3O3. The zero-order valence-electron chi connectivity index (χ0n) is 17.3. The highest BCUT2D eigenvalue weighted by molar-refractivity contribution is 6.33. The second-order valence-electron chi connectivity index (χ2n) is 9.12. The summed E-state index contributed by atoms with van der Waals surface area (Å²) >= 11 is 6.28. The van der Waals surface area contributed by atoms with Gasteiger partial charge in [0.2, 0.25) is 11.7 Å². The Labute approximate surface area is 181 Å². The molecule has 0 spiro atoms. The third kappa shape index (κ3) is 2.88. The third-order valence-corrected chi connectivity index (χ3v) is 7.76. The van der Waals surface area contributed by atoms with E-state index >= 15 is 0 Å². The van der Waals surface area contributed by atoms with Crippen molar-refractivity contribution >= 4 is 23.4 Å². The number of hydrogen-bond acceptors (Lipinski definition) is 4. The first-order valence-electron chi connectivity index (χ1n) is 10.7. The number of benzene rings is 1. The van der Waals surface area contributed by atoms with Gasteiger partial charge in [-0.2, -0.15) is 0 Å². The monoisotopic (exact) mass is 427 g/mol. The van der Waals surface area contributed by atoms with Gasteiger partial charge < -0.3 is 14.3 Å². The van der Waals surface area contributed by atoms with Crippen LogP contribution in [0.2, 0.25) is 5.02 Å². The van der Waals surface area contributed by atoms with Gasteiger partial charge in [0.1, 0.15) is 5.69 Å². The van der Waals surface area contributed by atoms with Crippen LogP contribution in [0.4, 0.5) is 0 Å². The van der Waals surface area contributed by atoms with Gasteiger partial charge in [-0.05, 0) is 25.3 Å². The van der Waals surface area contributed by atoms with E-state index < -0.39 is 0 Å². The minimum absolute atomic E-state index is 0.0135. The van der Waals surface area contributed by atoms with Crippen LogP contribution >= 0.6 is 11.6 Å². The molecule has 0 N–H and O–H groups in total. The molecule has 3 heterocycles. The maximum atomic E-state index is 13.6. The number of halogens is 1. The Kier molecular flexibility index (Phi) is 4.65. The first-order chi connectivity index (χ1) is 14.4. The van der Waals surface area contributed by atoms with E-state index in [0.717, 1.165) is 37.7 Å². The fourth-order valence-electron chi connectivity index (χ4n) is 6.12. The van der Waals surface area contributed by atoms with Crippen molar-refractivity contribution in [1.29, 1.82) is 0 Å². The van der Waals surface area contributed by atoms with Gasteiger partial charge >= 0.3 is 0 Å². The third-order valence-electron chi connectivity index (χ3n) is 7.43. The Morgan fingerprint density at radius 1 is 1.20 bits per heavy atom. The summed E-state index contributed by atoms with van der Waals surface area (Å²) in [5, 5.41) is 4.68. The number of nitrogens with zero attached hydrogens (tertiary/aromatic N) is 3. The zero-order valence-corrected chi connectivity index (χ0v) is 18.1. The topological polar surface area (TPSA) is 66.7 Å². The lowest BCUT2D eigenvalue weighted by Crippen LogP contribution is -2.55. The van der Waals surface area contributed by atoms with Crippen molar-refractivity contribution in [1.82, 2.24) is 15.0 Å². The van der Waals surface area contributed by atoms with Crippen molar-refractivity contribution in [3.8, 4) is 11.3 Å². The van der Waals surface area contributed by atoms with Crippen molar-refractivity contribution in [2.45, 2.75) is 64.1 Å². The molecule has 1 aromatic heterocycles. The van der Waals surface area contributed by atoms with Crippen LogP contribution in [-0.4, -0.2) is 51.4 Å². The van der Waals surface area contributed by atoms with Gasteiger partial charge in [0.25, 0.3) is 5.91 Å². The molecule has 2 aromatic rings. The Morgan fingerprint density at radius 3 is 2.67 bits per heavy atom. The number of hydrogen-bond donors (Lipinski definition) is 0. The summed E-state index contributed by atoms with van der Waals surface area (Å²) in [6.07, 6.45) is 5.07. The van der Waals surface area contributed by atoms with Crippen LogP contribution < -0.4 is 0 Å². The molecule has 6 nitrogen and oxygen atoms in total. The Hall–Kier alpha value is -2.34. The van der Waals surface area contributed by atoms with Crippen LogP contribution in [0.5, 0.6) is 0 Å². The van der Waals surface area contributed by atoms with Crippen LogP contribution in [0.3, 0.4) is 0 Å². The molecule has 4 atom stereocenters. The molecule has 158 valence electrons. The molecule has 30 heavy (non-hydrogen) atoms. The van der Waals surface area contributed by atoms with Crippen LogP contribution in [0, 0.1) is 5.41 Å². The van der Waals surface area contributed by atoms with E-state index in [9.17, 15) is 9.59 Å². The predicted octanol–water partition coefficient (Wildman–Crippen LogP) is 4.39. The summed E-state index contributed by atoms with van der Waals surface area (Å²) in [6.45, 7) is 4.51. The number of amides is 2. The Bertz CT molecular complexity index is 1010. The molecular weight excluding hydrogens is 402 g/mol. The van der Waals surface area contributed by atoms with Gasteiger partial charge in [0.15, 0.2) is 0 Å². The molecule has 2 amide bonds. The van der Waals surface area contributed by atoms with Gasteiger partial charge in [-0.3, -0.25) is 9.59 Å². The predicted molar refractivity (Wildman–Crippen MR) is 113 cm³/mol. The molecule has 1 saturated carbocycles. The Morgan fingerprint density at radius 2 is 1.93 bits per heavy atom. The van der Waals surface area contributed by atoms with Crippen LogP contribution in [-0.2, 0) is 4.79 Å². The summed E-state index contributed by atoms with van der Waals surface area (Å²) < 4.78 is 5.49. The fraction of sp³-hybridized carbons (Fsp3) is 0.522. The average molecular weight is 428 g/mol. The molecule has 0 radical (unpaired) electrons. The molecule has 3 fully saturated rings. The molecule has 2 aliphatic heterocycles. The van der Waals surface area contributed by atoms with Gasteiger partial charge in [-0.15, -0.1) is 0 Å². The number of fused-ring (bicyclic) bond motifs is 1. The Balaban J connectivity index is 1.49.